The monoisotopic (exact) mass is 378 g/mol. The molecular weight excluding hydrogens is 364 g/mol. The van der Waals surface area contributed by atoms with E-state index in [2.05, 4.69) is 0 Å². The Labute approximate surface area is 161 Å². The first-order chi connectivity index (χ1) is 13.1. The molecule has 2 atom stereocenters. The van der Waals surface area contributed by atoms with Crippen molar-refractivity contribution in [1.29, 1.82) is 0 Å². The van der Waals surface area contributed by atoms with Crippen LogP contribution in [0.1, 0.15) is 22.0 Å². The number of esters is 1. The molecule has 4 nitrogen and oxygen atoms in total. The predicted molar refractivity (Wildman–Crippen MR) is 101 cm³/mol. The third-order valence-electron chi connectivity index (χ3n) is 4.42. The van der Waals surface area contributed by atoms with Gasteiger partial charge < -0.3 is 9.47 Å². The number of benzene rings is 3. The van der Waals surface area contributed by atoms with Gasteiger partial charge >= 0.3 is 5.97 Å². The fourth-order valence-corrected chi connectivity index (χ4v) is 3.11. The first-order valence-corrected chi connectivity index (χ1v) is 8.79. The van der Waals surface area contributed by atoms with Gasteiger partial charge in [-0.3, -0.25) is 4.79 Å². The third-order valence-corrected chi connectivity index (χ3v) is 4.67. The van der Waals surface area contributed by atoms with E-state index in [1.54, 1.807) is 78.9 Å². The van der Waals surface area contributed by atoms with E-state index in [1.807, 2.05) is 6.07 Å². The van der Waals surface area contributed by atoms with Crippen molar-refractivity contribution < 1.29 is 19.1 Å². The minimum atomic E-state index is -1.70. The van der Waals surface area contributed by atoms with Crippen molar-refractivity contribution in [3.05, 3.63) is 101 Å². The quantitative estimate of drug-likeness (QED) is 0.213. The molecule has 0 aliphatic carbocycles. The number of carbonyl (C=O) groups is 2. The number of para-hydroxylation sites is 1. The molecule has 0 amide bonds. The Morgan fingerprint density at radius 3 is 2.07 bits per heavy atom. The maximum absolute atomic E-state index is 13.2. The van der Waals surface area contributed by atoms with Gasteiger partial charge in [0.1, 0.15) is 11.9 Å². The van der Waals surface area contributed by atoms with Crippen LogP contribution in [-0.4, -0.2) is 17.4 Å². The van der Waals surface area contributed by atoms with Gasteiger partial charge in [0.2, 0.25) is 5.78 Å². The smallest absolute Gasteiger partial charge is 0.355 e. The minimum Gasteiger partial charge on any atom is -0.424 e. The summed E-state index contributed by atoms with van der Waals surface area (Å²) in [5, 5.41) is 0.561. The molecule has 1 fully saturated rings. The molecule has 1 heterocycles. The average Bonchev–Trinajstić information content (AvgIpc) is 3.46. The van der Waals surface area contributed by atoms with Crippen LogP contribution in [0, 0.1) is 0 Å². The number of hydrogen-bond acceptors (Lipinski definition) is 4. The second kappa shape index (κ2) is 6.99. The standard InChI is InChI=1S/C22H15ClO4/c23-17-13-11-16(12-14-17)20-22(27-20,19(24)15-7-3-1-4-8-15)21(25)26-18-9-5-2-6-10-18/h1-14,20H/t20-,22?/m0/s1. The van der Waals surface area contributed by atoms with Crippen LogP contribution >= 0.6 is 11.6 Å². The predicted octanol–water partition coefficient (Wildman–Crippen LogP) is 4.64. The highest BCUT2D eigenvalue weighted by Crippen LogP contribution is 2.52. The molecule has 0 bridgehead atoms. The lowest BCUT2D eigenvalue weighted by Gasteiger charge is -2.12. The zero-order valence-electron chi connectivity index (χ0n) is 14.2. The van der Waals surface area contributed by atoms with Gasteiger partial charge in [0, 0.05) is 10.6 Å². The average molecular weight is 379 g/mol. The Morgan fingerprint density at radius 1 is 0.852 bits per heavy atom. The molecule has 0 saturated carbocycles. The zero-order chi connectivity index (χ0) is 18.9. The van der Waals surface area contributed by atoms with E-state index >= 15 is 0 Å². The number of ketones is 1. The molecule has 5 heteroatoms. The minimum absolute atomic E-state index is 0.355. The number of Topliss-reactive ketones (excluding diaryl/α,β-unsaturated/α-hetero) is 1. The summed E-state index contributed by atoms with van der Waals surface area (Å²) < 4.78 is 11.2. The summed E-state index contributed by atoms with van der Waals surface area (Å²) in [5.74, 6) is -0.806. The summed E-state index contributed by atoms with van der Waals surface area (Å²) >= 11 is 5.94. The van der Waals surface area contributed by atoms with Crippen molar-refractivity contribution in [2.75, 3.05) is 0 Å². The van der Waals surface area contributed by atoms with Gasteiger partial charge in [-0.15, -0.1) is 0 Å². The molecule has 3 aromatic rings. The summed E-state index contributed by atoms with van der Waals surface area (Å²) in [4.78, 5) is 26.1. The van der Waals surface area contributed by atoms with E-state index in [9.17, 15) is 9.59 Å². The van der Waals surface area contributed by atoms with Crippen molar-refractivity contribution in [3.63, 3.8) is 0 Å². The van der Waals surface area contributed by atoms with Crippen LogP contribution in [0.3, 0.4) is 0 Å². The Morgan fingerprint density at radius 2 is 1.44 bits per heavy atom. The van der Waals surface area contributed by atoms with Gasteiger partial charge in [0.05, 0.1) is 0 Å². The highest BCUT2D eigenvalue weighted by Gasteiger charge is 2.70. The molecule has 27 heavy (non-hydrogen) atoms. The van der Waals surface area contributed by atoms with Gasteiger partial charge in [-0.05, 0) is 29.8 Å². The third kappa shape index (κ3) is 3.25. The summed E-state index contributed by atoms with van der Waals surface area (Å²) in [6.07, 6.45) is -0.723. The number of carbonyl (C=O) groups excluding carboxylic acids is 2. The SMILES string of the molecule is O=C(Oc1ccccc1)C1(C(=O)c2ccccc2)O[C@H]1c1ccc(Cl)cc1. The number of halogens is 1. The Bertz CT molecular complexity index is 970. The normalized spacial score (nSPS) is 20.7. The van der Waals surface area contributed by atoms with E-state index in [-0.39, 0.29) is 0 Å². The molecule has 0 spiro atoms. The van der Waals surface area contributed by atoms with Gasteiger partial charge in [-0.25, -0.2) is 4.79 Å². The van der Waals surface area contributed by atoms with Crippen LogP contribution in [-0.2, 0) is 9.53 Å². The fourth-order valence-electron chi connectivity index (χ4n) is 2.99. The molecule has 1 aliphatic heterocycles. The maximum atomic E-state index is 13.2. The Balaban J connectivity index is 1.69. The topological polar surface area (TPSA) is 55.9 Å². The van der Waals surface area contributed by atoms with Crippen molar-refractivity contribution in [2.45, 2.75) is 11.7 Å². The summed E-state index contributed by atoms with van der Waals surface area (Å²) in [5.41, 5.74) is -0.627. The second-order valence-electron chi connectivity index (χ2n) is 6.18. The van der Waals surface area contributed by atoms with E-state index < -0.39 is 23.5 Å². The molecule has 0 radical (unpaired) electrons. The number of rotatable bonds is 5. The maximum Gasteiger partial charge on any atom is 0.355 e. The van der Waals surface area contributed by atoms with Gasteiger partial charge in [-0.1, -0.05) is 72.3 Å². The van der Waals surface area contributed by atoms with E-state index in [0.29, 0.717) is 21.9 Å². The summed E-state index contributed by atoms with van der Waals surface area (Å²) in [7, 11) is 0. The van der Waals surface area contributed by atoms with Crippen LogP contribution in [0.5, 0.6) is 5.75 Å². The molecule has 134 valence electrons. The van der Waals surface area contributed by atoms with Crippen molar-refractivity contribution in [1.82, 2.24) is 0 Å². The van der Waals surface area contributed by atoms with Crippen LogP contribution in [0.2, 0.25) is 5.02 Å². The first kappa shape index (κ1) is 17.5. The molecule has 1 unspecified atom stereocenters. The lowest BCUT2D eigenvalue weighted by atomic mass is 9.91. The fraction of sp³-hybridized carbons (Fsp3) is 0.0909. The highest BCUT2D eigenvalue weighted by molar-refractivity contribution is 6.30. The number of hydrogen-bond donors (Lipinski definition) is 0. The van der Waals surface area contributed by atoms with Crippen LogP contribution < -0.4 is 4.74 Å². The number of ether oxygens (including phenoxy) is 2. The molecule has 1 aliphatic rings. The van der Waals surface area contributed by atoms with Crippen molar-refractivity contribution >= 4 is 23.4 Å². The van der Waals surface area contributed by atoms with E-state index in [4.69, 9.17) is 21.1 Å². The molecule has 0 N–H and O–H groups in total. The molecule has 4 rings (SSSR count). The molecular formula is C22H15ClO4. The summed E-state index contributed by atoms with van der Waals surface area (Å²) in [6, 6.07) is 24.1. The second-order valence-corrected chi connectivity index (χ2v) is 6.62. The largest absolute Gasteiger partial charge is 0.424 e. The lowest BCUT2D eigenvalue weighted by Crippen LogP contribution is -2.38. The van der Waals surface area contributed by atoms with Gasteiger partial charge in [0.15, 0.2) is 0 Å². The van der Waals surface area contributed by atoms with Gasteiger partial charge in [-0.2, -0.15) is 0 Å². The van der Waals surface area contributed by atoms with Crippen LogP contribution in [0.15, 0.2) is 84.9 Å². The number of epoxide rings is 1. The van der Waals surface area contributed by atoms with E-state index in [1.165, 1.54) is 0 Å². The van der Waals surface area contributed by atoms with Crippen LogP contribution in [0.25, 0.3) is 0 Å². The Hall–Kier alpha value is -2.95. The molecule has 1 saturated heterocycles. The first-order valence-electron chi connectivity index (χ1n) is 8.42. The molecule has 0 aromatic heterocycles. The summed E-state index contributed by atoms with van der Waals surface area (Å²) in [6.45, 7) is 0. The van der Waals surface area contributed by atoms with Crippen molar-refractivity contribution in [3.8, 4) is 5.75 Å². The van der Waals surface area contributed by atoms with E-state index in [0.717, 1.165) is 0 Å². The molecule has 3 aromatic carbocycles. The van der Waals surface area contributed by atoms with Crippen LogP contribution in [0.4, 0.5) is 0 Å². The van der Waals surface area contributed by atoms with Crippen molar-refractivity contribution in [2.24, 2.45) is 0 Å². The Kier molecular flexibility index (Phi) is 4.52. The zero-order valence-corrected chi connectivity index (χ0v) is 14.9. The highest BCUT2D eigenvalue weighted by atomic mass is 35.5. The lowest BCUT2D eigenvalue weighted by molar-refractivity contribution is -0.138. The van der Waals surface area contributed by atoms with Gasteiger partial charge in [0.25, 0.3) is 5.60 Å².